The van der Waals surface area contributed by atoms with Gasteiger partial charge in [-0.1, -0.05) is 0 Å². The van der Waals surface area contributed by atoms with Crippen LogP contribution in [-0.2, 0) is 18.4 Å². The predicted molar refractivity (Wildman–Crippen MR) is 81.2 cm³/mol. The van der Waals surface area contributed by atoms with Gasteiger partial charge < -0.3 is 34.7 Å². The molecule has 0 radical (unpaired) electrons. The smallest absolute Gasteiger partial charge is 0.387 e. The summed E-state index contributed by atoms with van der Waals surface area (Å²) in [4.78, 5) is 50.6. The molecule has 0 spiro atoms. The SMILES string of the molecule is O=c1ccn([C@@H]2O[C@H](C(O)OP(=O)(O)C(F)(F)P(=O)(O)O)[C@@H](O)[C@H]2O)c(=O)[nH]1. The molecule has 0 amide bonds. The van der Waals surface area contributed by atoms with Crippen LogP contribution >= 0.6 is 15.2 Å². The topological polar surface area (TPSA) is 229 Å². The molecule has 0 aromatic carbocycles. The van der Waals surface area contributed by atoms with Crippen molar-refractivity contribution in [2.45, 2.75) is 36.2 Å². The second kappa shape index (κ2) is 7.50. The Balaban J connectivity index is 2.26. The van der Waals surface area contributed by atoms with Gasteiger partial charge in [0.05, 0.1) is 0 Å². The number of nitrogens with one attached hydrogen (secondary N) is 1. The molecule has 160 valence electrons. The van der Waals surface area contributed by atoms with E-state index in [9.17, 15) is 42.8 Å². The summed E-state index contributed by atoms with van der Waals surface area (Å²) in [6.07, 6.45) is -10.2. The van der Waals surface area contributed by atoms with E-state index in [1.165, 1.54) is 0 Å². The van der Waals surface area contributed by atoms with Crippen LogP contribution < -0.4 is 11.2 Å². The van der Waals surface area contributed by atoms with Crippen molar-refractivity contribution in [1.82, 2.24) is 9.55 Å². The highest BCUT2D eigenvalue weighted by atomic mass is 31.2. The van der Waals surface area contributed by atoms with Crippen LogP contribution in [0.15, 0.2) is 21.9 Å². The summed E-state index contributed by atoms with van der Waals surface area (Å²) in [5, 5.41) is 23.9. The fourth-order valence-electron chi connectivity index (χ4n) is 2.21. The van der Waals surface area contributed by atoms with Gasteiger partial charge in [-0.3, -0.25) is 28.0 Å². The molecule has 1 aromatic rings. The van der Waals surface area contributed by atoms with Gasteiger partial charge in [0.2, 0.25) is 0 Å². The van der Waals surface area contributed by atoms with Crippen molar-refractivity contribution in [3.8, 4) is 0 Å². The van der Waals surface area contributed by atoms with Crippen molar-refractivity contribution in [3.63, 3.8) is 0 Å². The molecule has 7 N–H and O–H groups in total. The second-order valence-electron chi connectivity index (χ2n) is 5.56. The molecule has 18 heteroatoms. The number of hydrogen-bond donors (Lipinski definition) is 7. The first-order valence-electron chi connectivity index (χ1n) is 7.06. The fourth-order valence-corrected chi connectivity index (χ4v) is 4.21. The second-order valence-corrected chi connectivity index (χ2v) is 9.38. The Kier molecular flexibility index (Phi) is 6.15. The number of ether oxygens (including phenoxy) is 1. The van der Waals surface area contributed by atoms with Gasteiger partial charge in [-0.25, -0.2) is 4.79 Å². The number of aromatic nitrogens is 2. The predicted octanol–water partition coefficient (Wildman–Crippen LogP) is -2.60. The molecule has 0 bridgehead atoms. The maximum absolute atomic E-state index is 13.4. The zero-order valence-electron chi connectivity index (χ0n) is 13.3. The molecule has 14 nitrogen and oxygen atoms in total. The van der Waals surface area contributed by atoms with E-state index >= 15 is 0 Å². The molecule has 1 saturated heterocycles. The Hall–Kier alpha value is -1.32. The Morgan fingerprint density at radius 3 is 2.29 bits per heavy atom. The molecule has 0 saturated carbocycles. The highest BCUT2D eigenvalue weighted by Gasteiger charge is 2.66. The first-order valence-corrected chi connectivity index (χ1v) is 10.2. The number of halogens is 2. The highest BCUT2D eigenvalue weighted by molar-refractivity contribution is 7.72. The molecule has 1 fully saturated rings. The van der Waals surface area contributed by atoms with E-state index in [-0.39, 0.29) is 0 Å². The van der Waals surface area contributed by atoms with Gasteiger partial charge in [-0.15, -0.1) is 0 Å². The number of aliphatic hydroxyl groups is 3. The Morgan fingerprint density at radius 1 is 1.21 bits per heavy atom. The van der Waals surface area contributed by atoms with Crippen LogP contribution in [0.4, 0.5) is 8.78 Å². The number of aromatic amines is 1. The summed E-state index contributed by atoms with van der Waals surface area (Å²) in [7, 11) is -13.0. The van der Waals surface area contributed by atoms with Crippen molar-refractivity contribution in [3.05, 3.63) is 33.1 Å². The van der Waals surface area contributed by atoms with Crippen LogP contribution in [0.5, 0.6) is 0 Å². The van der Waals surface area contributed by atoms with Gasteiger partial charge in [-0.05, 0) is 0 Å². The molecule has 0 aliphatic carbocycles. The lowest BCUT2D eigenvalue weighted by Crippen LogP contribution is -2.40. The third-order valence-electron chi connectivity index (χ3n) is 3.62. The molecule has 1 aromatic heterocycles. The number of nitrogens with zero attached hydrogens (tertiary/aromatic N) is 1. The molecular weight excluding hydrogens is 440 g/mol. The monoisotopic (exact) mass is 454 g/mol. The molecule has 2 rings (SSSR count). The largest absolute Gasteiger partial charge is 0.443 e. The zero-order chi connectivity index (χ0) is 21.7. The zero-order valence-corrected chi connectivity index (χ0v) is 15.1. The van der Waals surface area contributed by atoms with E-state index in [1.54, 1.807) is 4.98 Å². The summed E-state index contributed by atoms with van der Waals surface area (Å²) < 4.78 is 58.2. The highest BCUT2D eigenvalue weighted by Crippen LogP contribution is 2.73. The minimum absolute atomic E-state index is 0.546. The Labute approximate surface area is 152 Å². The maximum atomic E-state index is 13.4. The fraction of sp³-hybridized carbons (Fsp3) is 0.600. The number of H-pyrrole nitrogens is 1. The lowest BCUT2D eigenvalue weighted by molar-refractivity contribution is -0.161. The molecule has 2 unspecified atom stereocenters. The van der Waals surface area contributed by atoms with E-state index in [0.717, 1.165) is 12.3 Å². The van der Waals surface area contributed by atoms with Crippen LogP contribution in [0, 0.1) is 0 Å². The molecular formula is C10H14F2N2O12P2. The summed E-state index contributed by atoms with van der Waals surface area (Å²) in [6, 6.07) is 0.826. The first-order chi connectivity index (χ1) is 12.6. The van der Waals surface area contributed by atoms with Gasteiger partial charge in [0.15, 0.2) is 12.5 Å². The quantitative estimate of drug-likeness (QED) is 0.173. The van der Waals surface area contributed by atoms with E-state index in [4.69, 9.17) is 19.4 Å². The van der Waals surface area contributed by atoms with Crippen molar-refractivity contribution < 1.29 is 57.2 Å². The van der Waals surface area contributed by atoms with Gasteiger partial charge in [0.1, 0.15) is 18.3 Å². The van der Waals surface area contributed by atoms with Crippen molar-refractivity contribution in [2.75, 3.05) is 0 Å². The van der Waals surface area contributed by atoms with Crippen molar-refractivity contribution in [2.24, 2.45) is 0 Å². The minimum atomic E-state index is -6.51. The normalized spacial score (nSPS) is 29.4. The summed E-state index contributed by atoms with van der Waals surface area (Å²) in [6.45, 7) is 0. The molecule has 28 heavy (non-hydrogen) atoms. The van der Waals surface area contributed by atoms with Crippen LogP contribution in [0.3, 0.4) is 0 Å². The molecule has 1 aliphatic heterocycles. The maximum Gasteiger partial charge on any atom is 0.443 e. The Bertz CT molecular complexity index is 943. The van der Waals surface area contributed by atoms with Gasteiger partial charge >= 0.3 is 26.3 Å². The summed E-state index contributed by atoms with van der Waals surface area (Å²) in [5.41, 5.74) is -1.95. The molecule has 1 aliphatic rings. The summed E-state index contributed by atoms with van der Waals surface area (Å²) in [5.74, 6) is 0. The van der Waals surface area contributed by atoms with Crippen LogP contribution in [0.2, 0.25) is 0 Å². The first kappa shape index (κ1) is 23.0. The van der Waals surface area contributed by atoms with Crippen LogP contribution in [-0.4, -0.2) is 69.6 Å². The molecule has 6 atom stereocenters. The standard InChI is InChI=1S/C10H14F2N2O12P2/c11-10(12,27(20,21)22)28(23,24)26-8(18)6-4(16)5(17)7(25-6)14-2-1-3(15)13-9(14)19/h1-2,4-8,16-18H,(H,23,24)(H,13,15,19)(H2,20,21,22)/t4-,5+,6-,7+,8?/m0/s1. The number of hydrogen-bond acceptors (Lipinski definition) is 9. The van der Waals surface area contributed by atoms with Crippen LogP contribution in [0.25, 0.3) is 0 Å². The van der Waals surface area contributed by atoms with E-state index in [0.29, 0.717) is 4.57 Å². The van der Waals surface area contributed by atoms with Gasteiger partial charge in [-0.2, -0.15) is 8.78 Å². The van der Waals surface area contributed by atoms with Gasteiger partial charge in [0.25, 0.3) is 5.56 Å². The number of rotatable bonds is 6. The lowest BCUT2D eigenvalue weighted by Gasteiger charge is -2.27. The molecule has 2 heterocycles. The average molecular weight is 454 g/mol. The van der Waals surface area contributed by atoms with Crippen LogP contribution in [0.1, 0.15) is 6.23 Å². The minimum Gasteiger partial charge on any atom is -0.387 e. The number of aliphatic hydroxyl groups excluding tert-OH is 3. The van der Waals surface area contributed by atoms with E-state index in [2.05, 4.69) is 4.52 Å². The van der Waals surface area contributed by atoms with Crippen molar-refractivity contribution in [1.29, 1.82) is 0 Å². The van der Waals surface area contributed by atoms with Gasteiger partial charge in [0, 0.05) is 12.3 Å². The van der Waals surface area contributed by atoms with E-state index < -0.39 is 62.7 Å². The van der Waals surface area contributed by atoms with E-state index in [1.807, 2.05) is 0 Å². The Morgan fingerprint density at radius 2 is 1.79 bits per heavy atom. The third kappa shape index (κ3) is 4.02. The summed E-state index contributed by atoms with van der Waals surface area (Å²) >= 11 is 0. The van der Waals surface area contributed by atoms with Crippen molar-refractivity contribution >= 4 is 15.2 Å². The third-order valence-corrected chi connectivity index (χ3v) is 7.05. The average Bonchev–Trinajstić information content (AvgIpc) is 2.82. The lowest BCUT2D eigenvalue weighted by atomic mass is 10.1. The number of alkyl halides is 2.